The van der Waals surface area contributed by atoms with Crippen molar-refractivity contribution in [2.24, 2.45) is 11.7 Å². The first kappa shape index (κ1) is 16.5. The van der Waals surface area contributed by atoms with Gasteiger partial charge in [-0.25, -0.2) is 4.39 Å². The van der Waals surface area contributed by atoms with Gasteiger partial charge in [0.25, 0.3) is 0 Å². The van der Waals surface area contributed by atoms with Crippen LogP contribution in [0.4, 0.5) is 10.1 Å². The highest BCUT2D eigenvalue weighted by molar-refractivity contribution is 5.51. The summed E-state index contributed by atoms with van der Waals surface area (Å²) in [4.78, 5) is 0. The number of benzene rings is 2. The Bertz CT molecular complexity index is 777. The number of nitriles is 1. The second-order valence-electron chi connectivity index (χ2n) is 6.59. The van der Waals surface area contributed by atoms with Crippen molar-refractivity contribution in [3.8, 4) is 6.07 Å². The normalized spacial score (nSPS) is 16.2. The van der Waals surface area contributed by atoms with Crippen LogP contribution in [-0.2, 0) is 5.54 Å². The van der Waals surface area contributed by atoms with Gasteiger partial charge in [0.1, 0.15) is 5.82 Å². The number of hydrogen-bond acceptors (Lipinski definition) is 3. The Kier molecular flexibility index (Phi) is 4.55. The lowest BCUT2D eigenvalue weighted by molar-refractivity contribution is 0.454. The molecule has 3 nitrogen and oxygen atoms in total. The molecule has 0 bridgehead atoms. The maximum Gasteiger partial charge on any atom is 0.146 e. The molecule has 3 N–H and O–H groups in total. The van der Waals surface area contributed by atoms with Gasteiger partial charge in [0, 0.05) is 7.05 Å². The highest BCUT2D eigenvalue weighted by Gasteiger charge is 2.33. The smallest absolute Gasteiger partial charge is 0.146 e. The highest BCUT2D eigenvalue weighted by Crippen LogP contribution is 2.40. The molecular weight excluding hydrogens is 301 g/mol. The Morgan fingerprint density at radius 2 is 2.00 bits per heavy atom. The fraction of sp³-hybridized carbons (Fsp3) is 0.350. The molecule has 2 aromatic carbocycles. The van der Waals surface area contributed by atoms with E-state index in [1.54, 1.807) is 25.2 Å². The molecule has 3 rings (SSSR count). The van der Waals surface area contributed by atoms with Crippen molar-refractivity contribution in [1.82, 2.24) is 0 Å². The Morgan fingerprint density at radius 3 is 2.67 bits per heavy atom. The van der Waals surface area contributed by atoms with E-state index in [0.717, 1.165) is 29.9 Å². The van der Waals surface area contributed by atoms with E-state index >= 15 is 0 Å². The fourth-order valence-electron chi connectivity index (χ4n) is 3.15. The first-order chi connectivity index (χ1) is 11.6. The number of halogens is 1. The lowest BCUT2D eigenvalue weighted by atomic mass is 9.79. The molecule has 0 radical (unpaired) electrons. The maximum atomic E-state index is 13.9. The van der Waals surface area contributed by atoms with Gasteiger partial charge < -0.3 is 11.1 Å². The number of rotatable bonds is 6. The number of nitrogens with zero attached hydrogens (tertiary/aromatic N) is 1. The molecule has 1 aliphatic carbocycles. The van der Waals surface area contributed by atoms with Crippen LogP contribution >= 0.6 is 0 Å². The van der Waals surface area contributed by atoms with E-state index in [4.69, 9.17) is 5.73 Å². The topological polar surface area (TPSA) is 61.8 Å². The molecule has 24 heavy (non-hydrogen) atoms. The van der Waals surface area contributed by atoms with Crippen LogP contribution in [0.5, 0.6) is 0 Å². The van der Waals surface area contributed by atoms with Crippen molar-refractivity contribution < 1.29 is 4.39 Å². The van der Waals surface area contributed by atoms with Crippen LogP contribution in [0.15, 0.2) is 42.5 Å². The quantitative estimate of drug-likeness (QED) is 0.840. The average Bonchev–Trinajstić information content (AvgIpc) is 3.44. The molecular formula is C20H22FN3. The van der Waals surface area contributed by atoms with Crippen molar-refractivity contribution in [3.63, 3.8) is 0 Å². The van der Waals surface area contributed by atoms with Crippen molar-refractivity contribution in [2.75, 3.05) is 12.4 Å². The minimum absolute atomic E-state index is 0.295. The lowest BCUT2D eigenvalue weighted by Crippen LogP contribution is -2.38. The van der Waals surface area contributed by atoms with E-state index in [1.165, 1.54) is 18.9 Å². The van der Waals surface area contributed by atoms with Crippen LogP contribution in [0.1, 0.15) is 42.4 Å². The van der Waals surface area contributed by atoms with Crippen LogP contribution in [0.2, 0.25) is 0 Å². The van der Waals surface area contributed by atoms with Gasteiger partial charge in [0.2, 0.25) is 0 Å². The maximum absolute atomic E-state index is 13.9. The van der Waals surface area contributed by atoms with Crippen molar-refractivity contribution in [1.29, 1.82) is 5.26 Å². The second-order valence-corrected chi connectivity index (χ2v) is 6.59. The number of nitrogens with two attached hydrogens (primary N) is 1. The molecule has 0 aromatic heterocycles. The third-order valence-corrected chi connectivity index (χ3v) is 4.90. The van der Waals surface area contributed by atoms with Gasteiger partial charge in [-0.05, 0) is 54.2 Å². The standard InChI is InChI=1S/C20H22FN3/c1-24-19-12-17(7-8-18(19)21)20(23,10-9-14-5-6-14)16-4-2-3-15(11-16)13-22/h2-4,7-8,11-12,14,24H,5-6,9-10,23H2,1H3. The van der Waals surface area contributed by atoms with Gasteiger partial charge in [0.15, 0.2) is 0 Å². The van der Waals surface area contributed by atoms with Crippen LogP contribution in [0.25, 0.3) is 0 Å². The summed E-state index contributed by atoms with van der Waals surface area (Å²) in [6.45, 7) is 0. The Labute approximate surface area is 142 Å². The molecule has 1 atom stereocenters. The molecule has 2 aromatic rings. The molecule has 124 valence electrons. The Balaban J connectivity index is 2.05. The SMILES string of the molecule is CNc1cc(C(N)(CCC2CC2)c2cccc(C#N)c2)ccc1F. The molecule has 0 aliphatic heterocycles. The third-order valence-electron chi connectivity index (χ3n) is 4.90. The van der Waals surface area contributed by atoms with Crippen LogP contribution in [-0.4, -0.2) is 7.05 Å². The van der Waals surface area contributed by atoms with Crippen LogP contribution in [0.3, 0.4) is 0 Å². The first-order valence-corrected chi connectivity index (χ1v) is 8.34. The average molecular weight is 323 g/mol. The molecule has 1 aliphatic rings. The van der Waals surface area contributed by atoms with E-state index in [1.807, 2.05) is 18.2 Å². The molecule has 4 heteroatoms. The molecule has 1 unspecified atom stereocenters. The predicted octanol–water partition coefficient (Wildman–Crippen LogP) is 4.13. The van der Waals surface area contributed by atoms with Gasteiger partial charge in [-0.3, -0.25) is 0 Å². The van der Waals surface area contributed by atoms with Crippen LogP contribution < -0.4 is 11.1 Å². The molecule has 1 saturated carbocycles. The van der Waals surface area contributed by atoms with Gasteiger partial charge in [-0.2, -0.15) is 5.26 Å². The zero-order valence-corrected chi connectivity index (χ0v) is 13.8. The zero-order chi connectivity index (χ0) is 17.2. The van der Waals surface area contributed by atoms with Crippen molar-refractivity contribution in [3.05, 3.63) is 65.0 Å². The fourth-order valence-corrected chi connectivity index (χ4v) is 3.15. The first-order valence-electron chi connectivity index (χ1n) is 8.34. The Morgan fingerprint density at radius 1 is 1.25 bits per heavy atom. The summed E-state index contributed by atoms with van der Waals surface area (Å²) in [6.07, 6.45) is 4.35. The summed E-state index contributed by atoms with van der Waals surface area (Å²) < 4.78 is 13.9. The zero-order valence-electron chi connectivity index (χ0n) is 13.8. The summed E-state index contributed by atoms with van der Waals surface area (Å²) in [6, 6.07) is 14.6. The number of hydrogen-bond donors (Lipinski definition) is 2. The highest BCUT2D eigenvalue weighted by atomic mass is 19.1. The monoisotopic (exact) mass is 323 g/mol. The third kappa shape index (κ3) is 3.27. The lowest BCUT2D eigenvalue weighted by Gasteiger charge is -2.31. The molecule has 0 heterocycles. The van der Waals surface area contributed by atoms with E-state index < -0.39 is 5.54 Å². The number of anilines is 1. The largest absolute Gasteiger partial charge is 0.386 e. The van der Waals surface area contributed by atoms with E-state index in [2.05, 4.69) is 11.4 Å². The van der Waals surface area contributed by atoms with Crippen LogP contribution in [0, 0.1) is 23.1 Å². The minimum atomic E-state index is -0.727. The summed E-state index contributed by atoms with van der Waals surface area (Å²) in [5.74, 6) is 0.452. The number of nitrogens with one attached hydrogen (secondary N) is 1. The minimum Gasteiger partial charge on any atom is -0.386 e. The molecule has 0 amide bonds. The molecule has 1 fully saturated rings. The van der Waals surface area contributed by atoms with Crippen molar-refractivity contribution >= 4 is 5.69 Å². The van der Waals surface area contributed by atoms with Gasteiger partial charge >= 0.3 is 0 Å². The Hall–Kier alpha value is -2.38. The van der Waals surface area contributed by atoms with E-state index in [-0.39, 0.29) is 5.82 Å². The van der Waals surface area contributed by atoms with E-state index in [9.17, 15) is 9.65 Å². The summed E-state index contributed by atoms with van der Waals surface area (Å²) in [5, 5.41) is 12.1. The molecule has 0 saturated heterocycles. The summed E-state index contributed by atoms with van der Waals surface area (Å²) in [5.41, 5.74) is 8.91. The van der Waals surface area contributed by atoms with Gasteiger partial charge in [-0.15, -0.1) is 0 Å². The predicted molar refractivity (Wildman–Crippen MR) is 94.0 cm³/mol. The van der Waals surface area contributed by atoms with E-state index in [0.29, 0.717) is 11.3 Å². The van der Waals surface area contributed by atoms with Crippen molar-refractivity contribution in [2.45, 2.75) is 31.2 Å². The second kappa shape index (κ2) is 6.62. The summed E-state index contributed by atoms with van der Waals surface area (Å²) >= 11 is 0. The summed E-state index contributed by atoms with van der Waals surface area (Å²) in [7, 11) is 1.70. The van der Waals surface area contributed by atoms with Gasteiger partial charge in [-0.1, -0.05) is 31.0 Å². The van der Waals surface area contributed by atoms with Gasteiger partial charge in [0.05, 0.1) is 22.9 Å². The molecule has 0 spiro atoms.